The molecule has 0 bridgehead atoms. The highest BCUT2D eigenvalue weighted by Crippen LogP contribution is 2.16. The van der Waals surface area contributed by atoms with Crippen LogP contribution >= 0.6 is 15.9 Å². The van der Waals surface area contributed by atoms with Crippen LogP contribution in [0, 0.1) is 0 Å². The molecule has 1 aliphatic heterocycles. The number of nitrogens with one attached hydrogen (secondary N) is 1. The summed E-state index contributed by atoms with van der Waals surface area (Å²) in [5, 5.41) is 3.18. The van der Waals surface area contributed by atoms with Crippen molar-refractivity contribution in [3.05, 3.63) is 53.1 Å². The lowest BCUT2D eigenvalue weighted by atomic mass is 10.3. The molecule has 0 saturated carbocycles. The van der Waals surface area contributed by atoms with E-state index in [9.17, 15) is 4.79 Å². The predicted octanol–water partition coefficient (Wildman–Crippen LogP) is 2.60. The number of anilines is 2. The first kappa shape index (κ1) is 15.8. The number of hydrogen-bond acceptors (Lipinski definition) is 4. The van der Waals surface area contributed by atoms with Gasteiger partial charge in [-0.3, -0.25) is 4.79 Å². The van der Waals surface area contributed by atoms with Crippen LogP contribution in [0.5, 0.6) is 0 Å². The Morgan fingerprint density at radius 1 is 1.13 bits per heavy atom. The lowest BCUT2D eigenvalue weighted by Crippen LogP contribution is -2.50. The fraction of sp³-hybridized carbons (Fsp3) is 0.294. The fourth-order valence-corrected chi connectivity index (χ4v) is 3.01. The molecule has 5 nitrogen and oxygen atoms in total. The Morgan fingerprint density at radius 2 is 1.96 bits per heavy atom. The van der Waals surface area contributed by atoms with Crippen LogP contribution in [-0.4, -0.2) is 48.5 Å². The Kier molecular flexibility index (Phi) is 5.12. The number of pyridine rings is 1. The van der Waals surface area contributed by atoms with Crippen molar-refractivity contribution in [2.45, 2.75) is 0 Å². The molecule has 23 heavy (non-hydrogen) atoms. The van der Waals surface area contributed by atoms with Crippen molar-refractivity contribution in [3.8, 4) is 0 Å². The lowest BCUT2D eigenvalue weighted by molar-refractivity contribution is -0.129. The van der Waals surface area contributed by atoms with Gasteiger partial charge in [0, 0.05) is 42.5 Å². The maximum atomic E-state index is 12.3. The monoisotopic (exact) mass is 374 g/mol. The van der Waals surface area contributed by atoms with Crippen LogP contribution in [0.3, 0.4) is 0 Å². The number of carbonyl (C=O) groups excluding carboxylic acids is 1. The first-order valence-corrected chi connectivity index (χ1v) is 8.45. The van der Waals surface area contributed by atoms with Crippen LogP contribution in [0.25, 0.3) is 0 Å². The van der Waals surface area contributed by atoms with Crippen LogP contribution in [0.2, 0.25) is 0 Å². The molecule has 120 valence electrons. The first-order valence-electron chi connectivity index (χ1n) is 7.65. The number of aromatic nitrogens is 1. The number of carbonyl (C=O) groups is 1. The molecule has 3 rings (SSSR count). The summed E-state index contributed by atoms with van der Waals surface area (Å²) in [6, 6.07) is 13.7. The fourth-order valence-electron chi connectivity index (χ4n) is 2.61. The minimum atomic E-state index is 0.130. The van der Waals surface area contributed by atoms with Gasteiger partial charge >= 0.3 is 0 Å². The smallest absolute Gasteiger partial charge is 0.241 e. The molecular weight excluding hydrogens is 356 g/mol. The summed E-state index contributed by atoms with van der Waals surface area (Å²) in [6.45, 7) is 3.42. The van der Waals surface area contributed by atoms with Gasteiger partial charge in [-0.05, 0) is 30.3 Å². The molecule has 1 fully saturated rings. The van der Waals surface area contributed by atoms with E-state index in [1.54, 1.807) is 6.20 Å². The third-order valence-electron chi connectivity index (χ3n) is 3.87. The summed E-state index contributed by atoms with van der Waals surface area (Å²) in [5.41, 5.74) is 0.944. The quantitative estimate of drug-likeness (QED) is 0.893. The molecule has 1 N–H and O–H groups in total. The van der Waals surface area contributed by atoms with Crippen LogP contribution in [0.4, 0.5) is 11.5 Å². The highest BCUT2D eigenvalue weighted by atomic mass is 79.9. The number of piperazine rings is 1. The summed E-state index contributed by atoms with van der Waals surface area (Å²) in [4.78, 5) is 20.8. The lowest BCUT2D eigenvalue weighted by Gasteiger charge is -2.35. The number of hydrogen-bond donors (Lipinski definition) is 1. The second-order valence-corrected chi connectivity index (χ2v) is 6.34. The van der Waals surface area contributed by atoms with Crippen LogP contribution in [0.1, 0.15) is 0 Å². The van der Waals surface area contributed by atoms with Gasteiger partial charge in [-0.15, -0.1) is 0 Å². The highest BCUT2D eigenvalue weighted by Gasteiger charge is 2.21. The van der Waals surface area contributed by atoms with Gasteiger partial charge in [0.2, 0.25) is 5.91 Å². The minimum absolute atomic E-state index is 0.130. The van der Waals surface area contributed by atoms with Gasteiger partial charge in [0.1, 0.15) is 5.82 Å². The average molecular weight is 375 g/mol. The zero-order chi connectivity index (χ0) is 16.1. The molecule has 0 atom stereocenters. The topological polar surface area (TPSA) is 48.5 Å². The molecule has 0 aliphatic carbocycles. The summed E-state index contributed by atoms with van der Waals surface area (Å²) < 4.78 is 0.999. The SMILES string of the molecule is O=C(CNc1cccc(Br)c1)N1CCN(c2ccccn2)CC1. The molecule has 1 saturated heterocycles. The number of rotatable bonds is 4. The zero-order valence-corrected chi connectivity index (χ0v) is 14.4. The second-order valence-electron chi connectivity index (χ2n) is 5.42. The average Bonchev–Trinajstić information content (AvgIpc) is 2.61. The molecule has 6 heteroatoms. The molecule has 2 aromatic rings. The van der Waals surface area contributed by atoms with Crippen molar-refractivity contribution < 1.29 is 4.79 Å². The van der Waals surface area contributed by atoms with Gasteiger partial charge in [-0.25, -0.2) is 4.98 Å². The Morgan fingerprint density at radius 3 is 2.65 bits per heavy atom. The van der Waals surface area contributed by atoms with Gasteiger partial charge in [-0.2, -0.15) is 0 Å². The summed E-state index contributed by atoms with van der Waals surface area (Å²) in [5.74, 6) is 1.11. The van der Waals surface area contributed by atoms with Gasteiger partial charge in [0.25, 0.3) is 0 Å². The van der Waals surface area contributed by atoms with E-state index in [1.165, 1.54) is 0 Å². The Bertz CT molecular complexity index is 657. The van der Waals surface area contributed by atoms with E-state index in [-0.39, 0.29) is 5.91 Å². The summed E-state index contributed by atoms with van der Waals surface area (Å²) >= 11 is 3.43. The minimum Gasteiger partial charge on any atom is -0.376 e. The molecular formula is C17H19BrN4O. The Hall–Kier alpha value is -2.08. The van der Waals surface area contributed by atoms with Crippen LogP contribution in [-0.2, 0) is 4.79 Å². The van der Waals surface area contributed by atoms with E-state index in [0.717, 1.165) is 42.2 Å². The van der Waals surface area contributed by atoms with Gasteiger partial charge in [0.05, 0.1) is 6.54 Å². The highest BCUT2D eigenvalue weighted by molar-refractivity contribution is 9.10. The molecule has 1 amide bonds. The predicted molar refractivity (Wildman–Crippen MR) is 95.7 cm³/mol. The van der Waals surface area contributed by atoms with E-state index in [1.807, 2.05) is 47.4 Å². The number of halogens is 1. The second kappa shape index (κ2) is 7.46. The maximum absolute atomic E-state index is 12.3. The van der Waals surface area contributed by atoms with Crippen molar-refractivity contribution in [1.82, 2.24) is 9.88 Å². The van der Waals surface area contributed by atoms with Crippen molar-refractivity contribution in [3.63, 3.8) is 0 Å². The van der Waals surface area contributed by atoms with Crippen molar-refractivity contribution in [1.29, 1.82) is 0 Å². The largest absolute Gasteiger partial charge is 0.376 e. The molecule has 1 aromatic heterocycles. The third-order valence-corrected chi connectivity index (χ3v) is 4.37. The van der Waals surface area contributed by atoms with E-state index in [0.29, 0.717) is 6.54 Å². The van der Waals surface area contributed by atoms with Crippen molar-refractivity contribution in [2.75, 3.05) is 42.9 Å². The summed E-state index contributed by atoms with van der Waals surface area (Å²) in [7, 11) is 0. The van der Waals surface area contributed by atoms with Crippen LogP contribution in [0.15, 0.2) is 53.1 Å². The van der Waals surface area contributed by atoms with E-state index in [2.05, 4.69) is 31.1 Å². The molecule has 0 spiro atoms. The Labute approximate surface area is 144 Å². The number of benzene rings is 1. The van der Waals surface area contributed by atoms with E-state index < -0.39 is 0 Å². The van der Waals surface area contributed by atoms with Crippen LogP contribution < -0.4 is 10.2 Å². The standard InChI is InChI=1S/C17H19BrN4O/c18-14-4-3-5-15(12-14)20-13-17(23)22-10-8-21(9-11-22)16-6-1-2-7-19-16/h1-7,12,20H,8-11,13H2. The van der Waals surface area contributed by atoms with Crippen molar-refractivity contribution in [2.24, 2.45) is 0 Å². The Balaban J connectivity index is 1.48. The molecule has 1 aromatic carbocycles. The van der Waals surface area contributed by atoms with E-state index >= 15 is 0 Å². The molecule has 2 heterocycles. The van der Waals surface area contributed by atoms with E-state index in [4.69, 9.17) is 0 Å². The van der Waals surface area contributed by atoms with Gasteiger partial charge in [-0.1, -0.05) is 28.1 Å². The van der Waals surface area contributed by atoms with Gasteiger partial charge < -0.3 is 15.1 Å². The third kappa shape index (κ3) is 4.22. The zero-order valence-electron chi connectivity index (χ0n) is 12.8. The first-order chi connectivity index (χ1) is 11.2. The van der Waals surface area contributed by atoms with Gasteiger partial charge in [0.15, 0.2) is 0 Å². The maximum Gasteiger partial charge on any atom is 0.241 e. The molecule has 0 unspecified atom stereocenters. The summed E-state index contributed by atoms with van der Waals surface area (Å²) in [6.07, 6.45) is 1.80. The normalized spacial score (nSPS) is 14.7. The molecule has 0 radical (unpaired) electrons. The number of nitrogens with zero attached hydrogens (tertiary/aromatic N) is 3. The molecule has 1 aliphatic rings. The number of amides is 1. The van der Waals surface area contributed by atoms with Crippen molar-refractivity contribution >= 4 is 33.3 Å².